The van der Waals surface area contributed by atoms with E-state index >= 15 is 0 Å². The molecule has 1 saturated carbocycles. The molecule has 1 aliphatic rings. The molecular formula is C23H28N2O5. The van der Waals surface area contributed by atoms with Gasteiger partial charge in [-0.15, -0.1) is 0 Å². The minimum absolute atomic E-state index is 0.0321. The molecule has 0 unspecified atom stereocenters. The van der Waals surface area contributed by atoms with Crippen LogP contribution in [0.15, 0.2) is 65.6 Å². The van der Waals surface area contributed by atoms with E-state index in [4.69, 9.17) is 10.2 Å². The standard InChI is InChI=1S/C19H24N2O.C4H4O4/c1-20-19(12-6-3-7-13-19)17-10-11-18(22)21(15-17)14-16-8-4-2-5-9-16;5-3(6)1-2-4(7)8/h2,4-5,8-11,15,20H,3,6-7,12-14H2,1H3;1-2H,(H,5,6)(H,7,8). The zero-order valence-corrected chi connectivity index (χ0v) is 17.1. The Labute approximate surface area is 175 Å². The fourth-order valence-corrected chi connectivity index (χ4v) is 3.70. The van der Waals surface area contributed by atoms with E-state index < -0.39 is 11.9 Å². The zero-order chi connectivity index (χ0) is 22.0. The van der Waals surface area contributed by atoms with Gasteiger partial charge in [0.1, 0.15) is 0 Å². The molecule has 160 valence electrons. The van der Waals surface area contributed by atoms with Crippen molar-refractivity contribution in [1.29, 1.82) is 0 Å². The van der Waals surface area contributed by atoms with E-state index in [9.17, 15) is 14.4 Å². The summed E-state index contributed by atoms with van der Waals surface area (Å²) in [5, 5.41) is 19.2. The number of aliphatic carboxylic acids is 2. The second-order valence-corrected chi connectivity index (χ2v) is 7.27. The van der Waals surface area contributed by atoms with Crippen molar-refractivity contribution in [2.45, 2.75) is 44.2 Å². The third-order valence-electron chi connectivity index (χ3n) is 5.29. The normalized spacial score (nSPS) is 15.2. The van der Waals surface area contributed by atoms with E-state index in [0.717, 1.165) is 18.4 Å². The molecule has 1 fully saturated rings. The van der Waals surface area contributed by atoms with Gasteiger partial charge in [-0.1, -0.05) is 55.7 Å². The summed E-state index contributed by atoms with van der Waals surface area (Å²) in [5.41, 5.74) is 2.49. The number of carbonyl (C=O) groups is 2. The Morgan fingerprint density at radius 1 is 1.00 bits per heavy atom. The number of hydrogen-bond donors (Lipinski definition) is 3. The van der Waals surface area contributed by atoms with Crippen LogP contribution in [-0.4, -0.2) is 33.8 Å². The molecule has 1 aromatic heterocycles. The van der Waals surface area contributed by atoms with Crippen LogP contribution in [0.4, 0.5) is 0 Å². The van der Waals surface area contributed by atoms with E-state index in [2.05, 4.69) is 23.6 Å². The molecule has 0 aliphatic heterocycles. The number of pyridine rings is 1. The molecule has 7 nitrogen and oxygen atoms in total. The Bertz CT molecular complexity index is 912. The molecule has 0 spiro atoms. The van der Waals surface area contributed by atoms with Crippen molar-refractivity contribution >= 4 is 11.9 Å². The van der Waals surface area contributed by atoms with Gasteiger partial charge < -0.3 is 20.1 Å². The van der Waals surface area contributed by atoms with Crippen molar-refractivity contribution in [3.8, 4) is 0 Å². The molecule has 3 rings (SSSR count). The lowest BCUT2D eigenvalue weighted by Gasteiger charge is -2.38. The number of carboxylic acid groups (broad SMARTS) is 2. The van der Waals surface area contributed by atoms with Crippen LogP contribution in [0.2, 0.25) is 0 Å². The molecule has 1 heterocycles. The first kappa shape index (κ1) is 23.1. The van der Waals surface area contributed by atoms with Crippen LogP contribution < -0.4 is 10.9 Å². The largest absolute Gasteiger partial charge is 0.478 e. The van der Waals surface area contributed by atoms with E-state index in [1.54, 1.807) is 6.07 Å². The van der Waals surface area contributed by atoms with Gasteiger partial charge in [0.15, 0.2) is 0 Å². The van der Waals surface area contributed by atoms with Gasteiger partial charge in [0.2, 0.25) is 0 Å². The maximum absolute atomic E-state index is 12.2. The minimum atomic E-state index is -1.26. The Kier molecular flexibility index (Phi) is 8.55. The fourth-order valence-electron chi connectivity index (χ4n) is 3.70. The summed E-state index contributed by atoms with van der Waals surface area (Å²) >= 11 is 0. The molecule has 0 amide bonds. The highest BCUT2D eigenvalue weighted by atomic mass is 16.4. The highest BCUT2D eigenvalue weighted by Gasteiger charge is 2.32. The summed E-state index contributed by atoms with van der Waals surface area (Å²) in [5.74, 6) is -2.51. The van der Waals surface area contributed by atoms with Crippen LogP contribution in [0.25, 0.3) is 0 Å². The molecule has 0 saturated heterocycles. The van der Waals surface area contributed by atoms with E-state index in [1.807, 2.05) is 35.9 Å². The summed E-state index contributed by atoms with van der Waals surface area (Å²) in [6.45, 7) is 0.632. The number of nitrogens with one attached hydrogen (secondary N) is 1. The lowest BCUT2D eigenvalue weighted by molar-refractivity contribution is -0.134. The zero-order valence-electron chi connectivity index (χ0n) is 17.1. The van der Waals surface area contributed by atoms with Crippen LogP contribution in [0, 0.1) is 0 Å². The quantitative estimate of drug-likeness (QED) is 0.630. The molecule has 1 aliphatic carbocycles. The number of nitrogens with zero attached hydrogens (tertiary/aromatic N) is 1. The summed E-state index contributed by atoms with van der Waals surface area (Å²) in [4.78, 5) is 31.3. The average Bonchev–Trinajstić information content (AvgIpc) is 2.75. The summed E-state index contributed by atoms with van der Waals surface area (Å²) in [7, 11) is 2.04. The maximum atomic E-state index is 12.2. The van der Waals surface area contributed by atoms with Crippen LogP contribution in [0.5, 0.6) is 0 Å². The van der Waals surface area contributed by atoms with Crippen LogP contribution >= 0.6 is 0 Å². The van der Waals surface area contributed by atoms with Gasteiger partial charge >= 0.3 is 11.9 Å². The Balaban J connectivity index is 0.000000343. The SMILES string of the molecule is CNC1(c2ccc(=O)n(Cc3ccccc3)c2)CCCCC1.O=C(O)C=CC(=O)O. The number of benzene rings is 1. The predicted molar refractivity (Wildman–Crippen MR) is 114 cm³/mol. The average molecular weight is 412 g/mol. The number of carboxylic acids is 2. The van der Waals surface area contributed by atoms with Gasteiger partial charge in [-0.05, 0) is 31.0 Å². The predicted octanol–water partition coefficient (Wildman–Crippen LogP) is 2.99. The highest BCUT2D eigenvalue weighted by Crippen LogP contribution is 2.36. The third kappa shape index (κ3) is 6.70. The second kappa shape index (κ2) is 11.1. The van der Waals surface area contributed by atoms with Gasteiger partial charge in [0.05, 0.1) is 6.54 Å². The molecule has 0 bridgehead atoms. The fraction of sp³-hybridized carbons (Fsp3) is 0.348. The highest BCUT2D eigenvalue weighted by molar-refractivity contribution is 5.89. The van der Waals surface area contributed by atoms with E-state index in [-0.39, 0.29) is 11.1 Å². The summed E-state index contributed by atoms with van der Waals surface area (Å²) in [6, 6.07) is 13.9. The monoisotopic (exact) mass is 412 g/mol. The molecule has 7 heteroatoms. The minimum Gasteiger partial charge on any atom is -0.478 e. The molecule has 0 atom stereocenters. The first-order chi connectivity index (χ1) is 14.4. The molecular weight excluding hydrogens is 384 g/mol. The van der Waals surface area contributed by atoms with Crippen molar-refractivity contribution in [2.24, 2.45) is 0 Å². The number of rotatable bonds is 6. The Morgan fingerprint density at radius 2 is 1.60 bits per heavy atom. The lowest BCUT2D eigenvalue weighted by Crippen LogP contribution is -2.42. The second-order valence-electron chi connectivity index (χ2n) is 7.27. The first-order valence-electron chi connectivity index (χ1n) is 9.94. The molecule has 30 heavy (non-hydrogen) atoms. The van der Waals surface area contributed by atoms with Crippen molar-refractivity contribution in [3.05, 3.63) is 82.3 Å². The van der Waals surface area contributed by atoms with Crippen molar-refractivity contribution in [2.75, 3.05) is 7.05 Å². The first-order valence-corrected chi connectivity index (χ1v) is 9.94. The molecule has 2 aromatic rings. The van der Waals surface area contributed by atoms with Gasteiger partial charge in [0, 0.05) is 30.0 Å². The van der Waals surface area contributed by atoms with Crippen LogP contribution in [0.3, 0.4) is 0 Å². The van der Waals surface area contributed by atoms with E-state index in [0.29, 0.717) is 18.7 Å². The summed E-state index contributed by atoms with van der Waals surface area (Å²) < 4.78 is 1.83. The van der Waals surface area contributed by atoms with Crippen LogP contribution in [0.1, 0.15) is 43.2 Å². The smallest absolute Gasteiger partial charge is 0.328 e. The Morgan fingerprint density at radius 3 is 2.13 bits per heavy atom. The molecule has 1 aromatic carbocycles. The van der Waals surface area contributed by atoms with Gasteiger partial charge in [-0.3, -0.25) is 4.79 Å². The lowest BCUT2D eigenvalue weighted by atomic mass is 9.77. The number of aromatic nitrogens is 1. The van der Waals surface area contributed by atoms with Gasteiger partial charge in [-0.2, -0.15) is 0 Å². The van der Waals surface area contributed by atoms with Crippen molar-refractivity contribution in [3.63, 3.8) is 0 Å². The maximum Gasteiger partial charge on any atom is 0.328 e. The van der Waals surface area contributed by atoms with Crippen LogP contribution in [-0.2, 0) is 21.7 Å². The van der Waals surface area contributed by atoms with Crippen molar-refractivity contribution < 1.29 is 19.8 Å². The molecule has 3 N–H and O–H groups in total. The summed E-state index contributed by atoms with van der Waals surface area (Å²) in [6.07, 6.45) is 9.27. The van der Waals surface area contributed by atoms with E-state index in [1.165, 1.54) is 24.8 Å². The Hall–Kier alpha value is -3.19. The topological polar surface area (TPSA) is 109 Å². The number of hydrogen-bond acceptors (Lipinski definition) is 4. The van der Waals surface area contributed by atoms with Gasteiger partial charge in [-0.25, -0.2) is 9.59 Å². The van der Waals surface area contributed by atoms with Gasteiger partial charge in [0.25, 0.3) is 5.56 Å². The van der Waals surface area contributed by atoms with Crippen molar-refractivity contribution in [1.82, 2.24) is 9.88 Å². The molecule has 0 radical (unpaired) electrons. The third-order valence-corrected chi connectivity index (χ3v) is 5.29.